The first-order valence-corrected chi connectivity index (χ1v) is 34.9. The first kappa shape index (κ1) is 90.5. The summed E-state index contributed by atoms with van der Waals surface area (Å²) in [6.45, 7) is 3.09. The molecule has 590 valence electrons. The summed E-state index contributed by atoms with van der Waals surface area (Å²) in [5, 5.41) is 43.7. The highest BCUT2D eigenvalue weighted by Crippen LogP contribution is 2.20. The van der Waals surface area contributed by atoms with Gasteiger partial charge >= 0.3 is 0 Å². The van der Waals surface area contributed by atoms with Crippen LogP contribution < -0.4 is 128 Å². The Morgan fingerprint density at radius 2 is 0.724 bits per heavy atom. The molecule has 0 spiro atoms. The Morgan fingerprint density at radius 1 is 0.429 bits per heavy atom. The van der Waals surface area contributed by atoms with Gasteiger partial charge in [-0.2, -0.15) is 0 Å². The lowest BCUT2D eigenvalue weighted by atomic mass is 10.0. The van der Waals surface area contributed by atoms with Crippen LogP contribution in [0.3, 0.4) is 0 Å². The number of carbonyl (C=O) groups is 11. The zero-order valence-electron chi connectivity index (χ0n) is 60.0. The van der Waals surface area contributed by atoms with Crippen molar-refractivity contribution < 1.29 is 63.0 Å². The SMILES string of the molecule is C[C@H](NC(=O)[C@H](CCCN=C(N)N)NC(=O)[C@@H]1CCCN1C(=O)[C@@H](N)[C@@H](C)O)C(=O)N[C@@H](CCCN=C(N)N)C(=O)N[C@@H](CCCN=C(N)N)C(=O)N[C@@H](CCCN=C(N)N)C(=O)N[C@@H](CCCCN)C(=O)N[C@@H](CCCCN)C(=O)N[C@@H](CCCN=C(N)N)C(=O)N[C@@H](Cc1ccc(O)cc1)C(N)=O. The number of nitrogens with zero attached hydrogens (tertiary/aromatic N) is 6. The Bertz CT molecular complexity index is 3120. The van der Waals surface area contributed by atoms with Gasteiger partial charge in [0.25, 0.3) is 0 Å². The van der Waals surface area contributed by atoms with E-state index in [-0.39, 0.29) is 191 Å². The monoisotopic (exact) mass is 1490 g/mol. The molecule has 1 aromatic rings. The molecule has 0 aromatic heterocycles. The van der Waals surface area contributed by atoms with Crippen LogP contribution in [0.15, 0.2) is 49.2 Å². The summed E-state index contributed by atoms with van der Waals surface area (Å²) in [5.74, 6) is -10.8. The molecule has 1 aromatic carbocycles. The van der Waals surface area contributed by atoms with Gasteiger partial charge in [-0.25, -0.2) is 0 Å². The highest BCUT2D eigenvalue weighted by Gasteiger charge is 2.40. The molecule has 2 rings (SSSR count). The van der Waals surface area contributed by atoms with Crippen LogP contribution in [0.25, 0.3) is 0 Å². The van der Waals surface area contributed by atoms with E-state index in [4.69, 9.17) is 80.3 Å². The molecule has 105 heavy (non-hydrogen) atoms. The van der Waals surface area contributed by atoms with Gasteiger partial charge in [0.15, 0.2) is 29.8 Å². The Labute approximate surface area is 610 Å². The Balaban J connectivity index is 2.62. The van der Waals surface area contributed by atoms with Crippen LogP contribution in [0.5, 0.6) is 5.75 Å². The number of hydrogen-bond acceptors (Lipinski definition) is 21. The number of nitrogens with two attached hydrogens (primary N) is 14. The van der Waals surface area contributed by atoms with Crippen LogP contribution in [0.1, 0.15) is 135 Å². The zero-order valence-corrected chi connectivity index (χ0v) is 60.0. The first-order valence-electron chi connectivity index (χ1n) is 34.9. The number of nitrogens with one attached hydrogen (secondary N) is 9. The van der Waals surface area contributed by atoms with Gasteiger partial charge in [0.2, 0.25) is 65.0 Å². The molecule has 1 saturated heterocycles. The van der Waals surface area contributed by atoms with E-state index < -0.39 is 138 Å². The Hall–Kier alpha value is -10.6. The van der Waals surface area contributed by atoms with Crippen LogP contribution in [0.2, 0.25) is 0 Å². The highest BCUT2D eigenvalue weighted by atomic mass is 16.3. The summed E-state index contributed by atoms with van der Waals surface area (Å²) in [7, 11) is 0. The molecule has 0 unspecified atom stereocenters. The number of phenols is 1. The number of amides is 11. The van der Waals surface area contributed by atoms with Crippen molar-refractivity contribution in [2.45, 2.75) is 208 Å². The van der Waals surface area contributed by atoms with E-state index in [1.807, 2.05) is 0 Å². The van der Waals surface area contributed by atoms with Crippen LogP contribution in [-0.2, 0) is 59.2 Å². The second-order valence-corrected chi connectivity index (χ2v) is 25.3. The number of aliphatic imine (C=N–C) groups is 5. The number of primary amides is 1. The lowest BCUT2D eigenvalue weighted by Crippen LogP contribution is -2.60. The number of aliphatic hydroxyl groups excluding tert-OH is 1. The van der Waals surface area contributed by atoms with Crippen molar-refractivity contribution >= 4 is 94.8 Å². The summed E-state index contributed by atoms with van der Waals surface area (Å²) in [6, 6.07) is -9.29. The maximum Gasteiger partial charge on any atom is 0.243 e. The van der Waals surface area contributed by atoms with E-state index in [0.29, 0.717) is 24.8 Å². The summed E-state index contributed by atoms with van der Waals surface area (Å²) < 4.78 is 0. The maximum atomic E-state index is 14.8. The number of benzene rings is 1. The molecule has 1 fully saturated rings. The number of unbranched alkanes of at least 4 members (excludes halogenated alkanes) is 2. The van der Waals surface area contributed by atoms with Crippen LogP contribution in [0, 0.1) is 0 Å². The minimum atomic E-state index is -1.53. The second-order valence-electron chi connectivity index (χ2n) is 25.3. The molecule has 11 amide bonds. The molecule has 12 atom stereocenters. The van der Waals surface area contributed by atoms with E-state index in [0.717, 1.165) is 0 Å². The number of hydrogen-bond donors (Lipinski definition) is 25. The molecule has 1 aliphatic rings. The van der Waals surface area contributed by atoms with Gasteiger partial charge < -0.3 is 143 Å². The molecule has 0 aliphatic carbocycles. The van der Waals surface area contributed by atoms with Crippen molar-refractivity contribution in [3.8, 4) is 5.75 Å². The standard InChI is InChI=1S/C63H115N29O13/c1-34(83-50(97)40(15-7-27-78-59(68)69)90-57(104)46-20-12-32-92(46)58(105)47(66)35(2)93)49(96)84-41(16-8-28-79-60(70)71)53(100)87-43(18-10-30-81-62(74)75)55(102)88-42(17-9-29-80-61(72)73)54(101)86-38(13-3-5-25-64)51(98)85-39(14-4-6-26-65)52(99)89-44(19-11-31-82-63(76)77)56(103)91-45(48(67)95)33-36-21-23-37(94)24-22-36/h21-24,34-35,38-47,93-94H,3-20,25-33,64-66H2,1-2H3,(H2,67,95)(H,83,97)(H,84,96)(H,85,98)(H,86,101)(H,87,100)(H,88,102)(H,89,99)(H,90,104)(H,91,103)(H4,68,69,78)(H4,70,71,79)(H4,72,73,80)(H4,74,75,81)(H4,76,77,82)/t34-,35+,38-,39-,40-,41-,42-,43-,44-,45-,46-,47-/m0/s1. The number of rotatable bonds is 51. The minimum absolute atomic E-state index is 0.0258. The van der Waals surface area contributed by atoms with E-state index >= 15 is 0 Å². The van der Waals surface area contributed by atoms with Gasteiger partial charge in [0, 0.05) is 45.7 Å². The number of aliphatic hydroxyl groups is 1. The summed E-state index contributed by atoms with van der Waals surface area (Å²) in [4.78, 5) is 176. The Kier molecular flexibility index (Phi) is 42.3. The average Bonchev–Trinajstić information content (AvgIpc) is 1.74. The van der Waals surface area contributed by atoms with Gasteiger partial charge in [-0.15, -0.1) is 0 Å². The molecular formula is C63H115N29O13. The molecule has 0 saturated carbocycles. The smallest absolute Gasteiger partial charge is 0.243 e. The van der Waals surface area contributed by atoms with Crippen molar-refractivity contribution in [3.63, 3.8) is 0 Å². The summed E-state index contributed by atoms with van der Waals surface area (Å²) >= 11 is 0. The third-order valence-corrected chi connectivity index (χ3v) is 16.5. The fourth-order valence-corrected chi connectivity index (χ4v) is 10.8. The molecule has 1 heterocycles. The fourth-order valence-electron chi connectivity index (χ4n) is 10.8. The number of likely N-dealkylation sites (tertiary alicyclic amines) is 1. The lowest BCUT2D eigenvalue weighted by Gasteiger charge is -2.29. The van der Waals surface area contributed by atoms with Crippen molar-refractivity contribution in [1.82, 2.24) is 52.8 Å². The summed E-state index contributed by atoms with van der Waals surface area (Å²) in [5.41, 5.74) is 79.6. The van der Waals surface area contributed by atoms with Crippen molar-refractivity contribution in [2.24, 2.45) is 105 Å². The molecular weight excluding hydrogens is 1370 g/mol. The molecule has 0 bridgehead atoms. The molecule has 42 heteroatoms. The van der Waals surface area contributed by atoms with Crippen LogP contribution >= 0.6 is 0 Å². The third-order valence-electron chi connectivity index (χ3n) is 16.5. The van der Waals surface area contributed by atoms with Gasteiger partial charge in [-0.05, 0) is 160 Å². The predicted molar refractivity (Wildman–Crippen MR) is 394 cm³/mol. The van der Waals surface area contributed by atoms with Crippen molar-refractivity contribution in [2.75, 3.05) is 52.4 Å². The third kappa shape index (κ3) is 36.4. The number of aromatic hydroxyl groups is 1. The zero-order chi connectivity index (χ0) is 78.7. The number of phenolic OH excluding ortho intramolecular Hbond substituents is 1. The normalized spacial score (nSPS) is 15.5. The van der Waals surface area contributed by atoms with Crippen molar-refractivity contribution in [3.05, 3.63) is 29.8 Å². The van der Waals surface area contributed by atoms with Gasteiger partial charge in [-0.3, -0.25) is 77.7 Å². The van der Waals surface area contributed by atoms with Gasteiger partial charge in [0.05, 0.1) is 6.10 Å². The molecule has 39 N–H and O–H groups in total. The topological polar surface area (TPSA) is 766 Å². The van der Waals surface area contributed by atoms with Gasteiger partial charge in [-0.1, -0.05) is 12.1 Å². The van der Waals surface area contributed by atoms with E-state index in [2.05, 4.69) is 72.8 Å². The second kappa shape index (κ2) is 49.1. The average molecular weight is 1490 g/mol. The number of carbonyl (C=O) groups excluding carboxylic acids is 11. The van der Waals surface area contributed by atoms with Crippen LogP contribution in [-0.4, -0.2) is 235 Å². The number of guanidine groups is 5. The van der Waals surface area contributed by atoms with E-state index in [1.54, 1.807) is 0 Å². The maximum absolute atomic E-state index is 14.8. The largest absolute Gasteiger partial charge is 0.508 e. The Morgan fingerprint density at radius 3 is 1.03 bits per heavy atom. The summed E-state index contributed by atoms with van der Waals surface area (Å²) in [6.07, 6.45) is 0.280. The van der Waals surface area contributed by atoms with Crippen molar-refractivity contribution in [1.29, 1.82) is 0 Å². The lowest BCUT2D eigenvalue weighted by molar-refractivity contribution is -0.142. The van der Waals surface area contributed by atoms with E-state index in [1.165, 1.54) is 43.0 Å². The fraction of sp³-hybridized carbons (Fsp3) is 0.651. The molecule has 0 radical (unpaired) electrons. The van der Waals surface area contributed by atoms with Crippen LogP contribution in [0.4, 0.5) is 0 Å². The van der Waals surface area contributed by atoms with E-state index in [9.17, 15) is 63.0 Å². The first-order chi connectivity index (χ1) is 49.7. The molecule has 42 nitrogen and oxygen atoms in total. The predicted octanol–water partition coefficient (Wildman–Crippen LogP) is -9.97. The van der Waals surface area contributed by atoms with Gasteiger partial charge in [0.1, 0.15) is 72.2 Å². The minimum Gasteiger partial charge on any atom is -0.508 e. The molecule has 1 aliphatic heterocycles. The quantitative estimate of drug-likeness (QED) is 0.0164. The highest BCUT2D eigenvalue weighted by molar-refractivity contribution is 5.99.